The summed E-state index contributed by atoms with van der Waals surface area (Å²) in [6.07, 6.45) is 1.69. The maximum atomic E-state index is 9.10. The number of pyridine rings is 1. The fraction of sp³-hybridized carbons (Fsp3) is 0.308. The van der Waals surface area contributed by atoms with Gasteiger partial charge in [-0.25, -0.2) is 4.98 Å². The summed E-state index contributed by atoms with van der Waals surface area (Å²) in [5, 5.41) is 16.1. The zero-order valence-electron chi connectivity index (χ0n) is 10.6. The number of nitrogens with zero attached hydrogens (tertiary/aromatic N) is 3. The molecule has 0 aromatic carbocycles. The summed E-state index contributed by atoms with van der Waals surface area (Å²) in [5.74, 6) is 1.38. The van der Waals surface area contributed by atoms with Crippen molar-refractivity contribution in [2.45, 2.75) is 27.3 Å². The van der Waals surface area contributed by atoms with Gasteiger partial charge in [0.25, 0.3) is 0 Å². The molecular formula is C13H14N4O. The van der Waals surface area contributed by atoms with Crippen LogP contribution in [0.15, 0.2) is 16.8 Å². The van der Waals surface area contributed by atoms with Crippen molar-refractivity contribution in [2.24, 2.45) is 0 Å². The van der Waals surface area contributed by atoms with Gasteiger partial charge in [-0.15, -0.1) is 0 Å². The van der Waals surface area contributed by atoms with Gasteiger partial charge in [-0.2, -0.15) is 5.26 Å². The Balaban J connectivity index is 2.22. The number of aromatic nitrogens is 2. The number of hydrogen-bond donors (Lipinski definition) is 1. The third-order valence-corrected chi connectivity index (χ3v) is 2.88. The minimum atomic E-state index is 0.548. The van der Waals surface area contributed by atoms with Crippen molar-refractivity contribution < 1.29 is 4.52 Å². The Bertz CT molecular complexity index is 590. The molecule has 0 spiro atoms. The van der Waals surface area contributed by atoms with Crippen molar-refractivity contribution in [1.82, 2.24) is 10.1 Å². The van der Waals surface area contributed by atoms with E-state index in [0.717, 1.165) is 22.6 Å². The van der Waals surface area contributed by atoms with E-state index in [1.807, 2.05) is 26.8 Å². The topological polar surface area (TPSA) is 74.7 Å². The lowest BCUT2D eigenvalue weighted by atomic mass is 10.1. The van der Waals surface area contributed by atoms with Crippen LogP contribution in [0, 0.1) is 32.1 Å². The molecule has 0 aliphatic heterocycles. The van der Waals surface area contributed by atoms with Gasteiger partial charge in [0.2, 0.25) is 0 Å². The van der Waals surface area contributed by atoms with Crippen LogP contribution in [0.2, 0.25) is 0 Å². The van der Waals surface area contributed by atoms with E-state index in [2.05, 4.69) is 21.5 Å². The molecule has 0 saturated carbocycles. The van der Waals surface area contributed by atoms with Gasteiger partial charge in [0.1, 0.15) is 17.6 Å². The Morgan fingerprint density at radius 3 is 2.78 bits per heavy atom. The van der Waals surface area contributed by atoms with E-state index < -0.39 is 0 Å². The second-order valence-corrected chi connectivity index (χ2v) is 4.12. The molecule has 2 rings (SSSR count). The van der Waals surface area contributed by atoms with Crippen LogP contribution in [-0.2, 0) is 6.54 Å². The highest BCUT2D eigenvalue weighted by molar-refractivity contribution is 5.55. The maximum Gasteiger partial charge on any atom is 0.144 e. The summed E-state index contributed by atoms with van der Waals surface area (Å²) in [5.41, 5.74) is 3.34. The first-order valence-electron chi connectivity index (χ1n) is 5.64. The lowest BCUT2D eigenvalue weighted by Crippen LogP contribution is -2.05. The molecule has 5 nitrogen and oxygen atoms in total. The first kappa shape index (κ1) is 12.1. The van der Waals surface area contributed by atoms with Gasteiger partial charge in [-0.05, 0) is 32.4 Å². The molecule has 2 aromatic rings. The van der Waals surface area contributed by atoms with E-state index >= 15 is 0 Å². The van der Waals surface area contributed by atoms with E-state index in [4.69, 9.17) is 9.78 Å². The molecule has 0 atom stereocenters. The SMILES string of the molecule is Cc1ccnc(NCc2c(C)noc2C)c1C#N. The summed E-state index contributed by atoms with van der Waals surface area (Å²) in [4.78, 5) is 4.18. The molecule has 0 radical (unpaired) electrons. The van der Waals surface area contributed by atoms with E-state index in [9.17, 15) is 0 Å². The van der Waals surface area contributed by atoms with Crippen LogP contribution >= 0.6 is 0 Å². The van der Waals surface area contributed by atoms with E-state index in [1.54, 1.807) is 6.20 Å². The molecule has 0 fully saturated rings. The molecule has 0 unspecified atom stereocenters. The molecule has 0 aliphatic carbocycles. The summed E-state index contributed by atoms with van der Waals surface area (Å²) in [7, 11) is 0. The number of anilines is 1. The zero-order valence-corrected chi connectivity index (χ0v) is 10.6. The Labute approximate surface area is 105 Å². The van der Waals surface area contributed by atoms with Crippen LogP contribution in [0.1, 0.15) is 28.1 Å². The third kappa shape index (κ3) is 2.18. The minimum Gasteiger partial charge on any atom is -0.365 e. The molecular weight excluding hydrogens is 228 g/mol. The molecule has 0 saturated heterocycles. The van der Waals surface area contributed by atoms with Crippen molar-refractivity contribution in [3.63, 3.8) is 0 Å². The monoisotopic (exact) mass is 242 g/mol. The number of nitriles is 1. The number of rotatable bonds is 3. The van der Waals surface area contributed by atoms with Crippen molar-refractivity contribution in [2.75, 3.05) is 5.32 Å². The normalized spacial score (nSPS) is 10.1. The number of aryl methyl sites for hydroxylation is 3. The smallest absolute Gasteiger partial charge is 0.144 e. The Morgan fingerprint density at radius 1 is 1.39 bits per heavy atom. The molecule has 1 N–H and O–H groups in total. The average molecular weight is 242 g/mol. The predicted octanol–water partition coefficient (Wildman–Crippen LogP) is 2.48. The lowest BCUT2D eigenvalue weighted by molar-refractivity contribution is 0.392. The van der Waals surface area contributed by atoms with Crippen LogP contribution in [-0.4, -0.2) is 10.1 Å². The molecule has 5 heteroatoms. The van der Waals surface area contributed by atoms with Gasteiger partial charge >= 0.3 is 0 Å². The second-order valence-electron chi connectivity index (χ2n) is 4.12. The van der Waals surface area contributed by atoms with Gasteiger partial charge in [0, 0.05) is 18.3 Å². The van der Waals surface area contributed by atoms with Crippen molar-refractivity contribution >= 4 is 5.82 Å². The molecule has 2 heterocycles. The molecule has 92 valence electrons. The second kappa shape index (κ2) is 4.88. The first-order valence-corrected chi connectivity index (χ1v) is 5.64. The third-order valence-electron chi connectivity index (χ3n) is 2.88. The zero-order chi connectivity index (χ0) is 13.1. The molecule has 0 aliphatic rings. The summed E-state index contributed by atoms with van der Waals surface area (Å²) >= 11 is 0. The van der Waals surface area contributed by atoms with Gasteiger partial charge in [0.15, 0.2) is 0 Å². The van der Waals surface area contributed by atoms with Gasteiger partial charge in [0.05, 0.1) is 11.3 Å². The van der Waals surface area contributed by atoms with Crippen LogP contribution in [0.25, 0.3) is 0 Å². The molecule has 0 bridgehead atoms. The molecule has 18 heavy (non-hydrogen) atoms. The fourth-order valence-corrected chi connectivity index (χ4v) is 1.76. The number of nitrogens with one attached hydrogen (secondary N) is 1. The Hall–Kier alpha value is -2.35. The van der Waals surface area contributed by atoms with E-state index in [1.165, 1.54) is 0 Å². The van der Waals surface area contributed by atoms with Gasteiger partial charge in [-0.3, -0.25) is 0 Å². The molecule has 0 amide bonds. The van der Waals surface area contributed by atoms with E-state index in [-0.39, 0.29) is 0 Å². The average Bonchev–Trinajstić information content (AvgIpc) is 2.67. The largest absolute Gasteiger partial charge is 0.365 e. The van der Waals surface area contributed by atoms with Crippen molar-refractivity contribution in [1.29, 1.82) is 5.26 Å². The van der Waals surface area contributed by atoms with Crippen LogP contribution in [0.4, 0.5) is 5.82 Å². The van der Waals surface area contributed by atoms with Crippen LogP contribution in [0.5, 0.6) is 0 Å². The highest BCUT2D eigenvalue weighted by atomic mass is 16.5. The highest BCUT2D eigenvalue weighted by Gasteiger charge is 2.11. The van der Waals surface area contributed by atoms with Crippen LogP contribution < -0.4 is 5.32 Å². The summed E-state index contributed by atoms with van der Waals surface area (Å²) in [6.45, 7) is 6.20. The van der Waals surface area contributed by atoms with Crippen LogP contribution in [0.3, 0.4) is 0 Å². The standard InChI is InChI=1S/C13H14N4O/c1-8-4-5-15-13(11(8)6-14)16-7-12-9(2)17-18-10(12)3/h4-5H,7H2,1-3H3,(H,15,16). The Morgan fingerprint density at radius 2 is 2.17 bits per heavy atom. The van der Waals surface area contributed by atoms with Crippen molar-refractivity contribution in [3.05, 3.63) is 40.4 Å². The summed E-state index contributed by atoms with van der Waals surface area (Å²) < 4.78 is 5.09. The number of hydrogen-bond acceptors (Lipinski definition) is 5. The molecule has 2 aromatic heterocycles. The van der Waals surface area contributed by atoms with Gasteiger partial charge in [-0.1, -0.05) is 5.16 Å². The quantitative estimate of drug-likeness (QED) is 0.894. The highest BCUT2D eigenvalue weighted by Crippen LogP contribution is 2.18. The van der Waals surface area contributed by atoms with Crippen molar-refractivity contribution in [3.8, 4) is 6.07 Å². The maximum absolute atomic E-state index is 9.10. The Kier molecular flexibility index (Phi) is 3.28. The fourth-order valence-electron chi connectivity index (χ4n) is 1.76. The summed E-state index contributed by atoms with van der Waals surface area (Å²) in [6, 6.07) is 3.98. The predicted molar refractivity (Wildman–Crippen MR) is 67.0 cm³/mol. The lowest BCUT2D eigenvalue weighted by Gasteiger charge is -2.08. The van der Waals surface area contributed by atoms with Gasteiger partial charge < -0.3 is 9.84 Å². The first-order chi connectivity index (χ1) is 8.63. The minimum absolute atomic E-state index is 0.548. The van der Waals surface area contributed by atoms with E-state index in [0.29, 0.717) is 17.9 Å².